The van der Waals surface area contributed by atoms with Crippen LogP contribution in [0.2, 0.25) is 0 Å². The fourth-order valence-corrected chi connectivity index (χ4v) is 3.57. The number of hydrogen-bond acceptors (Lipinski definition) is 5. The van der Waals surface area contributed by atoms with Crippen LogP contribution in [-0.2, 0) is 14.6 Å². The summed E-state index contributed by atoms with van der Waals surface area (Å²) in [6.45, 7) is 6.49. The molecule has 8 heteroatoms. The second kappa shape index (κ2) is 6.60. The van der Waals surface area contributed by atoms with E-state index in [1.54, 1.807) is 32.9 Å². The van der Waals surface area contributed by atoms with Crippen molar-refractivity contribution >= 4 is 32.2 Å². The predicted molar refractivity (Wildman–Crippen MR) is 94.4 cm³/mol. The lowest BCUT2D eigenvalue weighted by Crippen LogP contribution is -2.35. The molecule has 1 heterocycles. The number of hydrogen-bond donors (Lipinski definition) is 1. The molecule has 0 saturated carbocycles. The number of carbonyl (C=O) groups is 1. The van der Waals surface area contributed by atoms with Crippen LogP contribution >= 0.6 is 11.3 Å². The van der Waals surface area contributed by atoms with Gasteiger partial charge in [0.05, 0.1) is 10.4 Å². The number of nitrogens with one attached hydrogen (secondary N) is 1. The molecule has 1 aromatic carbocycles. The number of aryl methyl sites for hydroxylation is 1. The Morgan fingerprint density at radius 1 is 1.25 bits per heavy atom. The highest BCUT2D eigenvalue weighted by Gasteiger charge is 2.31. The topological polar surface area (TPSA) is 76.1 Å². The van der Waals surface area contributed by atoms with E-state index in [0.29, 0.717) is 10.8 Å². The molecule has 0 aliphatic carbocycles. The second-order valence-corrected chi connectivity index (χ2v) is 10.3. The number of carbonyl (C=O) groups excluding carboxylic acids is 1. The standard InChI is InChI=1S/C16H19FN2O3S2/c1-10-14(11-5-7-12(17)8-6-11)19-15(23-10)18-13(20)9-24(21,22)16(2,3)4/h5-8H,9H2,1-4H3,(H,18,19,20). The van der Waals surface area contributed by atoms with E-state index in [1.165, 1.54) is 23.5 Å². The van der Waals surface area contributed by atoms with Crippen LogP contribution in [0.15, 0.2) is 24.3 Å². The molecular weight excluding hydrogens is 351 g/mol. The van der Waals surface area contributed by atoms with Gasteiger partial charge in [0.1, 0.15) is 11.6 Å². The van der Waals surface area contributed by atoms with Crippen LogP contribution in [0.1, 0.15) is 25.6 Å². The van der Waals surface area contributed by atoms with Gasteiger partial charge in [-0.15, -0.1) is 11.3 Å². The van der Waals surface area contributed by atoms with Crippen LogP contribution in [0.3, 0.4) is 0 Å². The third-order valence-electron chi connectivity index (χ3n) is 3.41. The average Bonchev–Trinajstić information content (AvgIpc) is 2.78. The molecule has 1 N–H and O–H groups in total. The van der Waals surface area contributed by atoms with Crippen molar-refractivity contribution in [1.29, 1.82) is 0 Å². The molecule has 0 bridgehead atoms. The van der Waals surface area contributed by atoms with Gasteiger partial charge in [0, 0.05) is 10.4 Å². The van der Waals surface area contributed by atoms with Gasteiger partial charge in [-0.05, 0) is 52.0 Å². The molecular formula is C16H19FN2O3S2. The average molecular weight is 370 g/mol. The molecule has 0 spiro atoms. The zero-order valence-electron chi connectivity index (χ0n) is 13.9. The van der Waals surface area contributed by atoms with Crippen molar-refractivity contribution in [3.63, 3.8) is 0 Å². The minimum absolute atomic E-state index is 0.320. The Morgan fingerprint density at radius 2 is 1.83 bits per heavy atom. The molecule has 0 saturated heterocycles. The lowest BCUT2D eigenvalue weighted by Gasteiger charge is -2.18. The van der Waals surface area contributed by atoms with Crippen molar-refractivity contribution < 1.29 is 17.6 Å². The van der Waals surface area contributed by atoms with Crippen LogP contribution in [0, 0.1) is 12.7 Å². The number of benzene rings is 1. The predicted octanol–water partition coefficient (Wildman–Crippen LogP) is 3.41. The van der Waals surface area contributed by atoms with Crippen molar-refractivity contribution in [3.05, 3.63) is 35.0 Å². The molecule has 1 aromatic heterocycles. The number of amides is 1. The van der Waals surface area contributed by atoms with Gasteiger partial charge in [0.2, 0.25) is 5.91 Å². The van der Waals surface area contributed by atoms with Gasteiger partial charge in [-0.3, -0.25) is 4.79 Å². The summed E-state index contributed by atoms with van der Waals surface area (Å²) in [7, 11) is -3.55. The lowest BCUT2D eigenvalue weighted by molar-refractivity contribution is -0.113. The highest BCUT2D eigenvalue weighted by molar-refractivity contribution is 7.93. The van der Waals surface area contributed by atoms with Crippen molar-refractivity contribution in [2.24, 2.45) is 0 Å². The Hall–Kier alpha value is -1.80. The first-order chi connectivity index (χ1) is 11.0. The van der Waals surface area contributed by atoms with Crippen LogP contribution in [0.5, 0.6) is 0 Å². The van der Waals surface area contributed by atoms with Gasteiger partial charge < -0.3 is 5.32 Å². The maximum absolute atomic E-state index is 13.0. The van der Waals surface area contributed by atoms with Gasteiger partial charge in [-0.25, -0.2) is 17.8 Å². The molecule has 0 fully saturated rings. The van der Waals surface area contributed by atoms with Gasteiger partial charge in [0.15, 0.2) is 15.0 Å². The van der Waals surface area contributed by atoms with E-state index < -0.39 is 26.2 Å². The van der Waals surface area contributed by atoms with Crippen molar-refractivity contribution in [1.82, 2.24) is 4.98 Å². The summed E-state index contributed by atoms with van der Waals surface area (Å²) in [6.07, 6.45) is 0. The normalized spacial score (nSPS) is 12.2. The number of anilines is 1. The fraction of sp³-hybridized carbons (Fsp3) is 0.375. The third kappa shape index (κ3) is 4.18. The zero-order chi connectivity index (χ0) is 18.1. The first-order valence-corrected chi connectivity index (χ1v) is 9.72. The quantitative estimate of drug-likeness (QED) is 0.895. The Balaban J connectivity index is 2.16. The third-order valence-corrected chi connectivity index (χ3v) is 6.81. The second-order valence-electron chi connectivity index (χ2n) is 6.35. The Morgan fingerprint density at radius 3 is 2.38 bits per heavy atom. The maximum atomic E-state index is 13.0. The van der Waals surface area contributed by atoms with E-state index in [1.807, 2.05) is 6.92 Å². The van der Waals surface area contributed by atoms with Crippen LogP contribution in [-0.4, -0.2) is 29.8 Å². The highest BCUT2D eigenvalue weighted by atomic mass is 32.2. The number of rotatable bonds is 4. The minimum atomic E-state index is -3.55. The molecule has 24 heavy (non-hydrogen) atoms. The number of aromatic nitrogens is 1. The molecule has 1 amide bonds. The number of thiazole rings is 1. The smallest absolute Gasteiger partial charge is 0.241 e. The maximum Gasteiger partial charge on any atom is 0.241 e. The Bertz CT molecular complexity index is 850. The Labute approximate surface area is 144 Å². The van der Waals surface area contributed by atoms with Crippen LogP contribution < -0.4 is 5.32 Å². The number of halogens is 1. The summed E-state index contributed by atoms with van der Waals surface area (Å²) in [4.78, 5) is 17.2. The van der Waals surface area contributed by atoms with Crippen molar-refractivity contribution in [3.8, 4) is 11.3 Å². The summed E-state index contributed by atoms with van der Waals surface area (Å²) in [5.41, 5.74) is 1.36. The van der Waals surface area contributed by atoms with E-state index >= 15 is 0 Å². The van der Waals surface area contributed by atoms with Gasteiger partial charge in [0.25, 0.3) is 0 Å². The fourth-order valence-electron chi connectivity index (χ4n) is 1.87. The molecule has 0 radical (unpaired) electrons. The van der Waals surface area contributed by atoms with E-state index in [-0.39, 0.29) is 5.82 Å². The molecule has 0 aliphatic rings. The van der Waals surface area contributed by atoms with Crippen LogP contribution in [0.25, 0.3) is 11.3 Å². The summed E-state index contributed by atoms with van der Waals surface area (Å²) < 4.78 is 36.1. The van der Waals surface area contributed by atoms with Gasteiger partial charge >= 0.3 is 0 Å². The molecule has 5 nitrogen and oxygen atoms in total. The first-order valence-electron chi connectivity index (χ1n) is 7.25. The highest BCUT2D eigenvalue weighted by Crippen LogP contribution is 2.30. The van der Waals surface area contributed by atoms with E-state index in [0.717, 1.165) is 10.4 Å². The zero-order valence-corrected chi connectivity index (χ0v) is 15.5. The molecule has 0 atom stereocenters. The number of nitrogens with zero attached hydrogens (tertiary/aromatic N) is 1. The molecule has 130 valence electrons. The minimum Gasteiger partial charge on any atom is -0.301 e. The SMILES string of the molecule is Cc1sc(NC(=O)CS(=O)(=O)C(C)(C)C)nc1-c1ccc(F)cc1. The van der Waals surface area contributed by atoms with Gasteiger partial charge in [-0.1, -0.05) is 0 Å². The Kier molecular flexibility index (Phi) is 5.10. The summed E-state index contributed by atoms with van der Waals surface area (Å²) >= 11 is 1.24. The molecule has 0 aliphatic heterocycles. The monoisotopic (exact) mass is 370 g/mol. The summed E-state index contributed by atoms with van der Waals surface area (Å²) in [6, 6.07) is 5.88. The summed E-state index contributed by atoms with van der Waals surface area (Å²) in [5.74, 6) is -1.56. The molecule has 2 aromatic rings. The molecule has 0 unspecified atom stereocenters. The van der Waals surface area contributed by atoms with E-state index in [2.05, 4.69) is 10.3 Å². The van der Waals surface area contributed by atoms with Crippen molar-refractivity contribution in [2.75, 3.05) is 11.1 Å². The van der Waals surface area contributed by atoms with Crippen LogP contribution in [0.4, 0.5) is 9.52 Å². The number of sulfone groups is 1. The molecule has 2 rings (SSSR count). The van der Waals surface area contributed by atoms with E-state index in [4.69, 9.17) is 0 Å². The first kappa shape index (κ1) is 18.5. The lowest BCUT2D eigenvalue weighted by atomic mass is 10.1. The summed E-state index contributed by atoms with van der Waals surface area (Å²) in [5, 5.41) is 2.85. The largest absolute Gasteiger partial charge is 0.301 e. The van der Waals surface area contributed by atoms with E-state index in [9.17, 15) is 17.6 Å². The van der Waals surface area contributed by atoms with Crippen molar-refractivity contribution in [2.45, 2.75) is 32.4 Å². The van der Waals surface area contributed by atoms with Gasteiger partial charge in [-0.2, -0.15) is 0 Å².